The zero-order valence-corrected chi connectivity index (χ0v) is 15.8. The van der Waals surface area contributed by atoms with Crippen molar-refractivity contribution in [2.24, 2.45) is 0 Å². The van der Waals surface area contributed by atoms with Crippen LogP contribution < -0.4 is 0 Å². The van der Waals surface area contributed by atoms with Crippen LogP contribution in [0.3, 0.4) is 0 Å². The lowest BCUT2D eigenvalue weighted by molar-refractivity contribution is 0.214. The first kappa shape index (κ1) is 16.6. The molecule has 0 bridgehead atoms. The van der Waals surface area contributed by atoms with Crippen LogP contribution in [0.5, 0.6) is 0 Å². The Balaban J connectivity index is 1.97. The van der Waals surface area contributed by atoms with Crippen molar-refractivity contribution >= 4 is 0 Å². The fourth-order valence-electron chi connectivity index (χ4n) is 4.18. The second-order valence-corrected chi connectivity index (χ2v) is 7.31. The largest absolute Gasteiger partial charge is 0.364 e. The van der Waals surface area contributed by atoms with Gasteiger partial charge < -0.3 is 9.42 Å². The number of aryl methyl sites for hydroxylation is 2. The van der Waals surface area contributed by atoms with E-state index in [1.54, 1.807) is 0 Å². The fraction of sp³-hybridized carbons (Fsp3) is 0.261. The quantitative estimate of drug-likeness (QED) is 0.638. The lowest BCUT2D eigenvalue weighted by atomic mass is 9.75. The number of fused-ring (bicyclic) bond motifs is 1. The molecular weight excluding hydrogens is 320 g/mol. The molecule has 0 radical (unpaired) electrons. The second-order valence-electron chi connectivity index (χ2n) is 7.31. The Hall–Kier alpha value is -2.81. The monoisotopic (exact) mass is 344 g/mol. The number of rotatable bonds is 2. The molecule has 1 aliphatic heterocycles. The van der Waals surface area contributed by atoms with Crippen LogP contribution >= 0.6 is 0 Å². The summed E-state index contributed by atoms with van der Waals surface area (Å²) < 4.78 is 5.39. The van der Waals surface area contributed by atoms with Gasteiger partial charge in [-0.2, -0.15) is 0 Å². The van der Waals surface area contributed by atoms with Gasteiger partial charge in [0.1, 0.15) is 5.76 Å². The number of aromatic nitrogens is 1. The Morgan fingerprint density at radius 3 is 2.50 bits per heavy atom. The molecule has 2 aromatic carbocycles. The minimum atomic E-state index is -0.263. The fourth-order valence-corrected chi connectivity index (χ4v) is 4.18. The molecule has 1 unspecified atom stereocenters. The van der Waals surface area contributed by atoms with Gasteiger partial charge in [0.15, 0.2) is 0 Å². The lowest BCUT2D eigenvalue weighted by Gasteiger charge is -2.47. The second kappa shape index (κ2) is 5.87. The summed E-state index contributed by atoms with van der Waals surface area (Å²) in [6, 6.07) is 17.4. The zero-order chi connectivity index (χ0) is 18.5. The van der Waals surface area contributed by atoms with Crippen LogP contribution in [-0.4, -0.2) is 17.1 Å². The van der Waals surface area contributed by atoms with Gasteiger partial charge in [0, 0.05) is 24.7 Å². The molecule has 1 aliphatic rings. The third-order valence-corrected chi connectivity index (χ3v) is 5.83. The number of allylic oxidation sites excluding steroid dienone is 1. The number of nitrogens with zero attached hydrogens (tertiary/aromatic N) is 2. The highest BCUT2D eigenvalue weighted by Gasteiger charge is 2.39. The molecule has 0 saturated heterocycles. The average molecular weight is 344 g/mol. The van der Waals surface area contributed by atoms with Crippen LogP contribution in [0.2, 0.25) is 0 Å². The maximum atomic E-state index is 5.39. The normalized spacial score (nSPS) is 19.5. The van der Waals surface area contributed by atoms with Crippen molar-refractivity contribution in [2.45, 2.75) is 32.7 Å². The molecule has 132 valence electrons. The van der Waals surface area contributed by atoms with Gasteiger partial charge in [-0.25, -0.2) is 0 Å². The van der Waals surface area contributed by atoms with Crippen molar-refractivity contribution in [1.29, 1.82) is 0 Å². The first-order valence-electron chi connectivity index (χ1n) is 8.96. The highest BCUT2D eigenvalue weighted by molar-refractivity contribution is 5.70. The van der Waals surface area contributed by atoms with Crippen molar-refractivity contribution < 1.29 is 4.52 Å². The number of hydrogen-bond donors (Lipinski definition) is 0. The molecule has 2 heterocycles. The van der Waals surface area contributed by atoms with Gasteiger partial charge in [-0.3, -0.25) is 0 Å². The van der Waals surface area contributed by atoms with Crippen LogP contribution in [0.1, 0.15) is 35.1 Å². The predicted molar refractivity (Wildman–Crippen MR) is 105 cm³/mol. The predicted octanol–water partition coefficient (Wildman–Crippen LogP) is 5.22. The number of likely N-dealkylation sites (N-methyl/N-ethyl adjacent to an activating group) is 1. The van der Waals surface area contributed by atoms with E-state index < -0.39 is 0 Å². The smallest absolute Gasteiger partial charge is 0.141 e. The summed E-state index contributed by atoms with van der Waals surface area (Å²) in [6.07, 6.45) is 0.871. The van der Waals surface area contributed by atoms with E-state index in [9.17, 15) is 0 Å². The molecule has 0 amide bonds. The first-order chi connectivity index (χ1) is 12.4. The van der Waals surface area contributed by atoms with Gasteiger partial charge in [0.05, 0.1) is 11.2 Å². The maximum absolute atomic E-state index is 5.39. The topological polar surface area (TPSA) is 29.3 Å². The number of benzene rings is 2. The molecule has 3 aromatic rings. The van der Waals surface area contributed by atoms with Gasteiger partial charge in [0.2, 0.25) is 0 Å². The molecule has 1 aromatic heterocycles. The average Bonchev–Trinajstić information content (AvgIpc) is 2.99. The van der Waals surface area contributed by atoms with Crippen molar-refractivity contribution in [3.05, 3.63) is 89.0 Å². The zero-order valence-electron chi connectivity index (χ0n) is 15.8. The SMILES string of the molecule is C=C1Cc2ccc(-c3c(C)noc3C)cc2C(C)(c2ccccc2)N1C. The molecule has 3 nitrogen and oxygen atoms in total. The van der Waals surface area contributed by atoms with E-state index >= 15 is 0 Å². The molecule has 3 heteroatoms. The molecule has 0 saturated carbocycles. The van der Waals surface area contributed by atoms with E-state index in [4.69, 9.17) is 4.52 Å². The summed E-state index contributed by atoms with van der Waals surface area (Å²) in [5.41, 5.74) is 7.96. The summed E-state index contributed by atoms with van der Waals surface area (Å²) in [6.45, 7) is 10.6. The highest BCUT2D eigenvalue weighted by atomic mass is 16.5. The summed E-state index contributed by atoms with van der Waals surface area (Å²) in [7, 11) is 2.14. The summed E-state index contributed by atoms with van der Waals surface area (Å²) in [5.74, 6) is 0.859. The molecule has 0 spiro atoms. The summed E-state index contributed by atoms with van der Waals surface area (Å²) >= 11 is 0. The molecule has 1 atom stereocenters. The Morgan fingerprint density at radius 2 is 1.85 bits per heavy atom. The Labute approximate surface area is 154 Å². The summed E-state index contributed by atoms with van der Waals surface area (Å²) in [4.78, 5) is 2.31. The van der Waals surface area contributed by atoms with E-state index in [-0.39, 0.29) is 5.54 Å². The van der Waals surface area contributed by atoms with Crippen molar-refractivity contribution in [1.82, 2.24) is 10.1 Å². The van der Waals surface area contributed by atoms with Crippen LogP contribution in [0.15, 0.2) is 65.3 Å². The van der Waals surface area contributed by atoms with Gasteiger partial charge >= 0.3 is 0 Å². The lowest BCUT2D eigenvalue weighted by Crippen LogP contribution is -2.45. The number of hydrogen-bond acceptors (Lipinski definition) is 3. The van der Waals surface area contributed by atoms with Gasteiger partial charge in [0.25, 0.3) is 0 Å². The standard InChI is InChI=1S/C23H24N2O/c1-15-13-18-11-12-19(22-16(2)24-26-17(22)3)14-21(18)23(4,25(15)5)20-9-7-6-8-10-20/h6-12,14H,1,13H2,2-5H3. The van der Waals surface area contributed by atoms with E-state index in [0.717, 1.165) is 34.7 Å². The van der Waals surface area contributed by atoms with E-state index in [0.29, 0.717) is 0 Å². The first-order valence-corrected chi connectivity index (χ1v) is 8.96. The highest BCUT2D eigenvalue weighted by Crippen LogP contribution is 2.44. The van der Waals surface area contributed by atoms with Crippen LogP contribution in [-0.2, 0) is 12.0 Å². The van der Waals surface area contributed by atoms with Crippen molar-refractivity contribution in [3.63, 3.8) is 0 Å². The van der Waals surface area contributed by atoms with Crippen LogP contribution in [0.4, 0.5) is 0 Å². The Kier molecular flexibility index (Phi) is 3.76. The van der Waals surface area contributed by atoms with Gasteiger partial charge in [-0.05, 0) is 49.1 Å². The molecular formula is C23H24N2O. The van der Waals surface area contributed by atoms with Gasteiger partial charge in [-0.1, -0.05) is 54.2 Å². The van der Waals surface area contributed by atoms with Crippen molar-refractivity contribution in [2.75, 3.05) is 7.05 Å². The van der Waals surface area contributed by atoms with Crippen LogP contribution in [0.25, 0.3) is 11.1 Å². The minimum Gasteiger partial charge on any atom is -0.364 e. The molecule has 4 rings (SSSR count). The summed E-state index contributed by atoms with van der Waals surface area (Å²) in [5, 5.41) is 4.13. The third-order valence-electron chi connectivity index (χ3n) is 5.83. The molecule has 0 fully saturated rings. The van der Waals surface area contributed by atoms with E-state index in [2.05, 4.69) is 79.1 Å². The van der Waals surface area contributed by atoms with E-state index in [1.807, 2.05) is 13.8 Å². The minimum absolute atomic E-state index is 0.263. The van der Waals surface area contributed by atoms with Crippen molar-refractivity contribution in [3.8, 4) is 11.1 Å². The molecule has 0 N–H and O–H groups in total. The molecule has 26 heavy (non-hydrogen) atoms. The van der Waals surface area contributed by atoms with Crippen LogP contribution in [0, 0.1) is 13.8 Å². The third kappa shape index (κ3) is 2.31. The Bertz CT molecular complexity index is 967. The maximum Gasteiger partial charge on any atom is 0.141 e. The van der Waals surface area contributed by atoms with E-state index in [1.165, 1.54) is 16.7 Å². The Morgan fingerprint density at radius 1 is 1.12 bits per heavy atom. The van der Waals surface area contributed by atoms with Gasteiger partial charge in [-0.15, -0.1) is 0 Å². The molecule has 0 aliphatic carbocycles.